The normalized spacial score (nSPS) is 10.2. The number of nitrogens with zero attached hydrogens (tertiary/aromatic N) is 1. The highest BCUT2D eigenvalue weighted by Gasteiger charge is 2.13. The van der Waals surface area contributed by atoms with Gasteiger partial charge in [0.2, 0.25) is 0 Å². The highest BCUT2D eigenvalue weighted by molar-refractivity contribution is 7.99. The standard InChI is InChI=1S/C21H15ClN2OS/c22-17-11-9-15(10-12-17)14-24-21(25)18-6-2-4-8-20(18)26-19-7-3-1-5-16(19)13-23/h1-12H,14H2,(H,24,25). The molecule has 0 aromatic heterocycles. The molecule has 3 aromatic rings. The van der Waals surface area contributed by atoms with E-state index in [4.69, 9.17) is 11.6 Å². The molecule has 0 unspecified atom stereocenters. The van der Waals surface area contributed by atoms with Crippen LogP contribution in [0.3, 0.4) is 0 Å². The molecule has 0 heterocycles. The summed E-state index contributed by atoms with van der Waals surface area (Å²) in [4.78, 5) is 14.3. The van der Waals surface area contributed by atoms with Crippen molar-refractivity contribution >= 4 is 29.3 Å². The second-order valence-corrected chi connectivity index (χ2v) is 7.04. The van der Waals surface area contributed by atoms with Crippen molar-refractivity contribution in [3.8, 4) is 6.07 Å². The SMILES string of the molecule is N#Cc1ccccc1Sc1ccccc1C(=O)NCc1ccc(Cl)cc1. The van der Waals surface area contributed by atoms with E-state index in [0.29, 0.717) is 22.7 Å². The third-order valence-electron chi connectivity index (χ3n) is 3.73. The van der Waals surface area contributed by atoms with E-state index in [9.17, 15) is 10.1 Å². The highest BCUT2D eigenvalue weighted by atomic mass is 35.5. The summed E-state index contributed by atoms with van der Waals surface area (Å²) in [7, 11) is 0. The molecule has 0 bridgehead atoms. The van der Waals surface area contributed by atoms with Crippen molar-refractivity contribution in [3.63, 3.8) is 0 Å². The predicted molar refractivity (Wildman–Crippen MR) is 104 cm³/mol. The largest absolute Gasteiger partial charge is 0.348 e. The van der Waals surface area contributed by atoms with E-state index >= 15 is 0 Å². The number of hydrogen-bond donors (Lipinski definition) is 1. The Bertz CT molecular complexity index is 964. The van der Waals surface area contributed by atoms with Gasteiger partial charge in [-0.3, -0.25) is 4.79 Å². The minimum absolute atomic E-state index is 0.155. The topological polar surface area (TPSA) is 52.9 Å². The third-order valence-corrected chi connectivity index (χ3v) is 5.13. The Morgan fingerprint density at radius 2 is 1.62 bits per heavy atom. The average molecular weight is 379 g/mol. The van der Waals surface area contributed by atoms with E-state index in [1.807, 2.05) is 48.5 Å². The van der Waals surface area contributed by atoms with Gasteiger partial charge in [-0.1, -0.05) is 59.8 Å². The Morgan fingerprint density at radius 1 is 0.962 bits per heavy atom. The third kappa shape index (κ3) is 4.45. The first-order valence-corrected chi connectivity index (χ1v) is 9.15. The number of carbonyl (C=O) groups is 1. The zero-order chi connectivity index (χ0) is 18.4. The van der Waals surface area contributed by atoms with Gasteiger partial charge in [0, 0.05) is 21.4 Å². The molecule has 0 aliphatic carbocycles. The quantitative estimate of drug-likeness (QED) is 0.656. The van der Waals surface area contributed by atoms with Gasteiger partial charge in [0.25, 0.3) is 5.91 Å². The lowest BCUT2D eigenvalue weighted by molar-refractivity contribution is 0.0948. The Balaban J connectivity index is 1.77. The molecule has 1 N–H and O–H groups in total. The molecule has 0 spiro atoms. The summed E-state index contributed by atoms with van der Waals surface area (Å²) < 4.78 is 0. The molecule has 0 atom stereocenters. The summed E-state index contributed by atoms with van der Waals surface area (Å²) in [5.41, 5.74) is 2.15. The van der Waals surface area contributed by atoms with Crippen molar-refractivity contribution in [2.45, 2.75) is 16.3 Å². The van der Waals surface area contributed by atoms with Crippen LogP contribution in [0.1, 0.15) is 21.5 Å². The molecule has 5 heteroatoms. The summed E-state index contributed by atoms with van der Waals surface area (Å²) in [6, 6.07) is 24.3. The first kappa shape index (κ1) is 18.1. The number of halogens is 1. The molecule has 3 nitrogen and oxygen atoms in total. The maximum absolute atomic E-state index is 12.6. The maximum atomic E-state index is 12.6. The van der Waals surface area contributed by atoms with Crippen LogP contribution in [0.15, 0.2) is 82.6 Å². The van der Waals surface area contributed by atoms with Crippen LogP contribution in [0, 0.1) is 11.3 Å². The Labute approximate surface area is 161 Å². The van der Waals surface area contributed by atoms with Crippen LogP contribution >= 0.6 is 23.4 Å². The van der Waals surface area contributed by atoms with Gasteiger partial charge in [0.1, 0.15) is 6.07 Å². The second kappa shape index (κ2) is 8.57. The van der Waals surface area contributed by atoms with Crippen LogP contribution in [0.5, 0.6) is 0 Å². The zero-order valence-corrected chi connectivity index (χ0v) is 15.3. The van der Waals surface area contributed by atoms with E-state index < -0.39 is 0 Å². The van der Waals surface area contributed by atoms with Crippen molar-refractivity contribution in [3.05, 3.63) is 94.5 Å². The zero-order valence-electron chi connectivity index (χ0n) is 13.8. The minimum Gasteiger partial charge on any atom is -0.348 e. The molecule has 3 rings (SSSR count). The van der Waals surface area contributed by atoms with E-state index in [1.165, 1.54) is 11.8 Å². The van der Waals surface area contributed by atoms with Gasteiger partial charge in [-0.25, -0.2) is 0 Å². The molecule has 26 heavy (non-hydrogen) atoms. The monoisotopic (exact) mass is 378 g/mol. The lowest BCUT2D eigenvalue weighted by atomic mass is 10.2. The van der Waals surface area contributed by atoms with Gasteiger partial charge in [-0.15, -0.1) is 0 Å². The second-order valence-electron chi connectivity index (χ2n) is 5.52. The van der Waals surface area contributed by atoms with Crippen molar-refractivity contribution in [2.24, 2.45) is 0 Å². The van der Waals surface area contributed by atoms with E-state index in [1.54, 1.807) is 24.3 Å². The van der Waals surface area contributed by atoms with E-state index in [-0.39, 0.29) is 5.91 Å². The Morgan fingerprint density at radius 3 is 2.35 bits per heavy atom. The molecule has 0 fully saturated rings. The summed E-state index contributed by atoms with van der Waals surface area (Å²) in [5.74, 6) is -0.155. The molecule has 1 amide bonds. The number of hydrogen-bond acceptors (Lipinski definition) is 3. The van der Waals surface area contributed by atoms with Crippen LogP contribution in [0.2, 0.25) is 5.02 Å². The number of carbonyl (C=O) groups excluding carboxylic acids is 1. The van der Waals surface area contributed by atoms with Gasteiger partial charge in [-0.05, 0) is 42.0 Å². The number of nitrogens with one attached hydrogen (secondary N) is 1. The van der Waals surface area contributed by atoms with Crippen molar-refractivity contribution in [2.75, 3.05) is 0 Å². The maximum Gasteiger partial charge on any atom is 0.252 e. The minimum atomic E-state index is -0.155. The first-order valence-electron chi connectivity index (χ1n) is 7.96. The Kier molecular flexibility index (Phi) is 5.96. The fourth-order valence-corrected chi connectivity index (χ4v) is 3.54. The van der Waals surface area contributed by atoms with Gasteiger partial charge in [0.15, 0.2) is 0 Å². The number of rotatable bonds is 5. The predicted octanol–water partition coefficient (Wildman–Crippen LogP) is 5.29. The lowest BCUT2D eigenvalue weighted by Crippen LogP contribution is -2.23. The van der Waals surface area contributed by atoms with Gasteiger partial charge in [0.05, 0.1) is 11.1 Å². The molecular weight excluding hydrogens is 364 g/mol. The first-order chi connectivity index (χ1) is 12.7. The highest BCUT2D eigenvalue weighted by Crippen LogP contribution is 2.32. The van der Waals surface area contributed by atoms with Crippen LogP contribution < -0.4 is 5.32 Å². The summed E-state index contributed by atoms with van der Waals surface area (Å²) >= 11 is 7.30. The molecule has 0 aliphatic heterocycles. The molecular formula is C21H15ClN2OS. The van der Waals surface area contributed by atoms with E-state index in [2.05, 4.69) is 11.4 Å². The number of nitriles is 1. The van der Waals surface area contributed by atoms with Crippen molar-refractivity contribution in [1.29, 1.82) is 5.26 Å². The number of amides is 1. The molecule has 0 radical (unpaired) electrons. The van der Waals surface area contributed by atoms with Crippen molar-refractivity contribution in [1.82, 2.24) is 5.32 Å². The summed E-state index contributed by atoms with van der Waals surface area (Å²) in [6.07, 6.45) is 0. The molecule has 0 saturated heterocycles. The van der Waals surface area contributed by atoms with Crippen LogP contribution in [-0.2, 0) is 6.54 Å². The van der Waals surface area contributed by atoms with E-state index in [0.717, 1.165) is 15.4 Å². The molecule has 0 saturated carbocycles. The number of benzene rings is 3. The fraction of sp³-hybridized carbons (Fsp3) is 0.0476. The van der Waals surface area contributed by atoms with Crippen LogP contribution in [0.25, 0.3) is 0 Å². The average Bonchev–Trinajstić information content (AvgIpc) is 2.68. The summed E-state index contributed by atoms with van der Waals surface area (Å²) in [5, 5.41) is 12.8. The molecule has 3 aromatic carbocycles. The van der Waals surface area contributed by atoms with Gasteiger partial charge >= 0.3 is 0 Å². The van der Waals surface area contributed by atoms with Crippen molar-refractivity contribution < 1.29 is 4.79 Å². The van der Waals surface area contributed by atoms with Crippen LogP contribution in [-0.4, -0.2) is 5.91 Å². The smallest absolute Gasteiger partial charge is 0.252 e. The Hall–Kier alpha value is -2.74. The van der Waals surface area contributed by atoms with Crippen LogP contribution in [0.4, 0.5) is 0 Å². The fourth-order valence-electron chi connectivity index (χ4n) is 2.39. The van der Waals surface area contributed by atoms with Gasteiger partial charge < -0.3 is 5.32 Å². The summed E-state index contributed by atoms with van der Waals surface area (Å²) in [6.45, 7) is 0.420. The lowest BCUT2D eigenvalue weighted by Gasteiger charge is -2.11. The van der Waals surface area contributed by atoms with Gasteiger partial charge in [-0.2, -0.15) is 5.26 Å². The molecule has 0 aliphatic rings. The molecule has 128 valence electrons.